The Morgan fingerprint density at radius 1 is 1.09 bits per heavy atom. The summed E-state index contributed by atoms with van der Waals surface area (Å²) in [6, 6.07) is 8.91. The number of aryl methyl sites for hydroxylation is 2. The average Bonchev–Trinajstić information content (AvgIpc) is 3.81. The highest BCUT2D eigenvalue weighted by Gasteiger charge is 2.40. The number of carbonyl (C=O) groups excluding carboxylic acids is 2. The van der Waals surface area contributed by atoms with Crippen LogP contribution in [0.1, 0.15) is 61.4 Å². The Balaban J connectivity index is 1.39. The van der Waals surface area contributed by atoms with Crippen molar-refractivity contribution < 1.29 is 32.5 Å². The fourth-order valence-electron chi connectivity index (χ4n) is 5.45. The van der Waals surface area contributed by atoms with Gasteiger partial charge in [0.2, 0.25) is 11.8 Å². The first-order chi connectivity index (χ1) is 22.3. The van der Waals surface area contributed by atoms with Crippen molar-refractivity contribution in [2.24, 2.45) is 5.92 Å². The molecular formula is C32H43IN4O7S2. The summed E-state index contributed by atoms with van der Waals surface area (Å²) in [5.74, 6) is -0.307. The molecule has 252 valence electrons. The highest BCUT2D eigenvalue weighted by atomic mass is 127. The number of benzene rings is 1. The largest absolute Gasteiger partial charge is 0.377 e. The van der Waals surface area contributed by atoms with Gasteiger partial charge in [-0.1, -0.05) is 43.3 Å². The second kappa shape index (κ2) is 19.1. The van der Waals surface area contributed by atoms with E-state index in [1.165, 1.54) is 9.21 Å². The van der Waals surface area contributed by atoms with Crippen LogP contribution >= 0.6 is 41.8 Å². The summed E-state index contributed by atoms with van der Waals surface area (Å²) < 4.78 is 27.7. The average molecular weight is 787 g/mol. The van der Waals surface area contributed by atoms with Gasteiger partial charge in [0.15, 0.2) is 0 Å². The van der Waals surface area contributed by atoms with Crippen LogP contribution in [0.3, 0.4) is 0 Å². The molecule has 1 aromatic carbocycles. The minimum atomic E-state index is -0.580. The van der Waals surface area contributed by atoms with Crippen LogP contribution in [0.2, 0.25) is 0 Å². The molecular weight excluding hydrogens is 743 g/mol. The molecule has 11 nitrogen and oxygen atoms in total. The van der Waals surface area contributed by atoms with Crippen LogP contribution in [0, 0.1) is 19.8 Å². The summed E-state index contributed by atoms with van der Waals surface area (Å²) in [6.45, 7) is 11.3. The zero-order valence-corrected chi connectivity index (χ0v) is 30.5. The molecule has 1 aliphatic heterocycles. The van der Waals surface area contributed by atoms with Gasteiger partial charge in [0.05, 0.1) is 83.3 Å². The first-order valence-corrected chi connectivity index (χ1v) is 19.6. The third-order valence-electron chi connectivity index (χ3n) is 7.75. The van der Waals surface area contributed by atoms with E-state index >= 15 is 0 Å². The number of nitrogens with zero attached hydrogens (tertiary/aromatic N) is 3. The van der Waals surface area contributed by atoms with E-state index in [2.05, 4.69) is 36.7 Å². The summed E-state index contributed by atoms with van der Waals surface area (Å²) in [6.07, 6.45) is 1.34. The number of rotatable bonds is 19. The maximum absolute atomic E-state index is 13.8. The van der Waals surface area contributed by atoms with Crippen molar-refractivity contribution in [1.29, 1.82) is 0 Å². The summed E-state index contributed by atoms with van der Waals surface area (Å²) in [7, 11) is 1.28. The molecule has 3 atom stereocenters. The molecule has 1 aliphatic rings. The zero-order chi connectivity index (χ0) is 32.9. The fraction of sp³-hybridized carbons (Fsp3) is 0.562. The Hall–Kier alpha value is -2.08. The molecule has 0 radical (unpaired) electrons. The van der Waals surface area contributed by atoms with E-state index in [9.17, 15) is 9.59 Å². The Morgan fingerprint density at radius 3 is 2.39 bits per heavy atom. The molecule has 0 aliphatic carbocycles. The quantitative estimate of drug-likeness (QED) is 0.0871. The zero-order valence-electron chi connectivity index (χ0n) is 26.7. The number of likely N-dealkylation sites (tertiary alicyclic amines) is 1. The van der Waals surface area contributed by atoms with Crippen molar-refractivity contribution in [2.75, 3.05) is 52.8 Å². The van der Waals surface area contributed by atoms with Crippen LogP contribution in [0.15, 0.2) is 40.4 Å². The molecule has 1 saturated heterocycles. The fourth-order valence-corrected chi connectivity index (χ4v) is 6.93. The van der Waals surface area contributed by atoms with Gasteiger partial charge >= 0.3 is 0 Å². The molecule has 2 amide bonds. The third kappa shape index (κ3) is 10.5. The minimum Gasteiger partial charge on any atom is -0.377 e. The first-order valence-electron chi connectivity index (χ1n) is 15.5. The van der Waals surface area contributed by atoms with E-state index < -0.39 is 18.0 Å². The maximum Gasteiger partial charge on any atom is 0.243 e. The molecule has 1 unspecified atom stereocenters. The molecule has 0 saturated carbocycles. The number of nitrogens with one attached hydrogen (secondary N) is 1. The van der Waals surface area contributed by atoms with Gasteiger partial charge in [0, 0.05) is 33.8 Å². The summed E-state index contributed by atoms with van der Waals surface area (Å²) in [5, 5.41) is 7.19. The molecule has 4 rings (SSSR count). The number of carbonyl (C=O) groups is 2. The lowest BCUT2D eigenvalue weighted by Gasteiger charge is -2.30. The van der Waals surface area contributed by atoms with E-state index in [0.29, 0.717) is 58.4 Å². The molecule has 1 fully saturated rings. The van der Waals surface area contributed by atoms with Crippen LogP contribution in [0.25, 0.3) is 10.4 Å². The van der Waals surface area contributed by atoms with Crippen molar-refractivity contribution in [1.82, 2.24) is 20.4 Å². The molecule has 0 bridgehead atoms. The van der Waals surface area contributed by atoms with Gasteiger partial charge < -0.3 is 33.1 Å². The number of thiazole rings is 1. The number of amides is 2. The monoisotopic (exact) mass is 786 g/mol. The first kappa shape index (κ1) is 36.8. The Kier molecular flexibility index (Phi) is 15.2. The highest BCUT2D eigenvalue weighted by molar-refractivity contribution is 14.2. The van der Waals surface area contributed by atoms with E-state index in [1.54, 1.807) is 22.3 Å². The van der Waals surface area contributed by atoms with Gasteiger partial charge in [-0.2, -0.15) is 0 Å². The Labute approximate surface area is 291 Å². The summed E-state index contributed by atoms with van der Waals surface area (Å²) in [5.41, 5.74) is 5.52. The predicted octanol–water partition coefficient (Wildman–Crippen LogP) is 6.07. The number of aromatic nitrogens is 2. The van der Waals surface area contributed by atoms with Crippen molar-refractivity contribution in [3.05, 3.63) is 58.6 Å². The summed E-state index contributed by atoms with van der Waals surface area (Å²) >= 11 is 3.66. The SMILES string of the molecule is Cc1cc(C(C(=O)N2CCC[C@H]2C(=O)N[C@@H](COCCOCCOCCOSI)c2ccc(-c3scnc3C)cc2)C(C)C)on1. The molecule has 3 aromatic rings. The van der Waals surface area contributed by atoms with E-state index in [0.717, 1.165) is 33.8 Å². The minimum absolute atomic E-state index is 0.0198. The van der Waals surface area contributed by atoms with E-state index in [-0.39, 0.29) is 24.3 Å². The summed E-state index contributed by atoms with van der Waals surface area (Å²) in [4.78, 5) is 34.8. The van der Waals surface area contributed by atoms with Crippen molar-refractivity contribution in [2.45, 2.75) is 58.5 Å². The standard InChI is InChI=1S/C32H43IN4O7S2/c1-21(2)29(28-18-22(3)36-44-28)32(39)37-11-5-6-27(37)31(38)35-26(19-42-15-14-40-12-13-41-16-17-43-46-33)24-7-9-25(10-8-24)30-23(4)34-20-45-30/h7-10,18,20-21,26-27,29H,5-6,11-17,19H2,1-4H3,(H,35,38)/t26-,27-,29?/m0/s1. The molecule has 2 aromatic heterocycles. The van der Waals surface area contributed by atoms with Gasteiger partial charge in [0.25, 0.3) is 0 Å². The van der Waals surface area contributed by atoms with Crippen LogP contribution in [-0.2, 0) is 28.0 Å². The predicted molar refractivity (Wildman–Crippen MR) is 187 cm³/mol. The van der Waals surface area contributed by atoms with Gasteiger partial charge in [-0.25, -0.2) is 4.98 Å². The normalized spacial score (nSPS) is 16.2. The van der Waals surface area contributed by atoms with Crippen LogP contribution in [-0.4, -0.2) is 85.7 Å². The number of halogens is 1. The van der Waals surface area contributed by atoms with Gasteiger partial charge in [-0.3, -0.25) is 9.59 Å². The third-order valence-corrected chi connectivity index (χ3v) is 9.74. The van der Waals surface area contributed by atoms with Crippen molar-refractivity contribution in [3.8, 4) is 10.4 Å². The van der Waals surface area contributed by atoms with E-state index in [1.807, 2.05) is 57.5 Å². The van der Waals surface area contributed by atoms with Crippen LogP contribution in [0.4, 0.5) is 0 Å². The lowest BCUT2D eigenvalue weighted by Crippen LogP contribution is -2.49. The molecule has 3 heterocycles. The van der Waals surface area contributed by atoms with Crippen LogP contribution < -0.4 is 5.32 Å². The topological polar surface area (TPSA) is 125 Å². The molecule has 1 N–H and O–H groups in total. The van der Waals surface area contributed by atoms with Gasteiger partial charge in [0.1, 0.15) is 17.7 Å². The second-order valence-electron chi connectivity index (χ2n) is 11.4. The second-order valence-corrected chi connectivity index (χ2v) is 13.7. The lowest BCUT2D eigenvalue weighted by molar-refractivity contribution is -0.141. The molecule has 0 spiro atoms. The van der Waals surface area contributed by atoms with Crippen molar-refractivity contribution >= 4 is 53.6 Å². The lowest BCUT2D eigenvalue weighted by atomic mass is 9.91. The Bertz CT molecular complexity index is 1370. The smallest absolute Gasteiger partial charge is 0.243 e. The van der Waals surface area contributed by atoms with Gasteiger partial charge in [-0.15, -0.1) is 11.3 Å². The number of hydrogen-bond donors (Lipinski definition) is 1. The maximum atomic E-state index is 13.8. The number of hydrogen-bond acceptors (Lipinski definition) is 11. The van der Waals surface area contributed by atoms with Crippen LogP contribution in [0.5, 0.6) is 0 Å². The van der Waals surface area contributed by atoms with Crippen molar-refractivity contribution in [3.63, 3.8) is 0 Å². The number of ether oxygens (including phenoxy) is 3. The highest BCUT2D eigenvalue weighted by Crippen LogP contribution is 2.32. The Morgan fingerprint density at radius 2 is 1.78 bits per heavy atom. The molecule has 46 heavy (non-hydrogen) atoms. The van der Waals surface area contributed by atoms with E-state index in [4.69, 9.17) is 22.9 Å². The molecule has 14 heteroatoms. The van der Waals surface area contributed by atoms with Gasteiger partial charge in [-0.05, 0) is 43.7 Å².